The SMILES string of the molecule is CN(C)CC1=C(c2[c-]c3ccccc3cc2)CC=C1.CO.C[C-](C)C.Cl.Cl.[Ti+2]. The third-order valence-electron chi connectivity index (χ3n) is 3.50. The molecular weight excluding hydrogens is 425 g/mol. The van der Waals surface area contributed by atoms with Crippen molar-refractivity contribution in [2.24, 2.45) is 0 Å². The van der Waals surface area contributed by atoms with Crippen molar-refractivity contribution >= 4 is 41.2 Å². The second-order valence-corrected chi connectivity index (χ2v) is 6.81. The van der Waals surface area contributed by atoms with Gasteiger partial charge < -0.3 is 15.9 Å². The molecule has 1 aliphatic rings. The Hall–Kier alpha value is -0.606. The molecule has 0 atom stereocenters. The number of likely N-dealkylation sites (N-methyl/N-ethyl adjacent to an activating group) is 1. The molecule has 0 unspecified atom stereocenters. The fourth-order valence-electron chi connectivity index (χ4n) is 2.61. The van der Waals surface area contributed by atoms with Gasteiger partial charge in [0.2, 0.25) is 0 Å². The van der Waals surface area contributed by atoms with E-state index in [0.717, 1.165) is 20.1 Å². The molecular formula is C23H33Cl2NOTi. The van der Waals surface area contributed by atoms with Crippen molar-refractivity contribution < 1.29 is 26.8 Å². The summed E-state index contributed by atoms with van der Waals surface area (Å²) in [6.45, 7) is 7.24. The molecule has 2 aromatic carbocycles. The Morgan fingerprint density at radius 3 is 2.14 bits per heavy atom. The topological polar surface area (TPSA) is 23.5 Å². The summed E-state index contributed by atoms with van der Waals surface area (Å²) in [5.74, 6) is 1.42. The van der Waals surface area contributed by atoms with Crippen LogP contribution < -0.4 is 0 Å². The van der Waals surface area contributed by atoms with Crippen LogP contribution in [0.25, 0.3) is 16.3 Å². The molecule has 154 valence electrons. The van der Waals surface area contributed by atoms with Crippen LogP contribution in [-0.4, -0.2) is 37.8 Å². The van der Waals surface area contributed by atoms with E-state index in [1.165, 1.54) is 33.4 Å². The van der Waals surface area contributed by atoms with Crippen molar-refractivity contribution in [2.45, 2.75) is 27.2 Å². The Balaban J connectivity index is -0.000000624. The molecule has 3 rings (SSSR count). The van der Waals surface area contributed by atoms with Crippen LogP contribution in [0.3, 0.4) is 0 Å². The van der Waals surface area contributed by atoms with Crippen LogP contribution in [0.5, 0.6) is 0 Å². The van der Waals surface area contributed by atoms with Crippen LogP contribution in [0.4, 0.5) is 0 Å². The average Bonchev–Trinajstić information content (AvgIpc) is 3.03. The van der Waals surface area contributed by atoms with Crippen LogP contribution in [0, 0.1) is 12.0 Å². The van der Waals surface area contributed by atoms with E-state index < -0.39 is 0 Å². The molecule has 0 aromatic heterocycles. The number of allylic oxidation sites excluding steroid dienone is 2. The van der Waals surface area contributed by atoms with Gasteiger partial charge in [-0.25, -0.2) is 0 Å². The number of rotatable bonds is 3. The van der Waals surface area contributed by atoms with Gasteiger partial charge in [-0.2, -0.15) is 20.8 Å². The van der Waals surface area contributed by atoms with Crippen LogP contribution >= 0.6 is 24.8 Å². The molecule has 0 radical (unpaired) electrons. The number of halogens is 2. The molecule has 2 nitrogen and oxygen atoms in total. The maximum atomic E-state index is 7.00. The quantitative estimate of drug-likeness (QED) is 0.452. The summed E-state index contributed by atoms with van der Waals surface area (Å²) in [4.78, 5) is 2.21. The van der Waals surface area contributed by atoms with E-state index in [-0.39, 0.29) is 46.5 Å². The van der Waals surface area contributed by atoms with Crippen LogP contribution in [-0.2, 0) is 21.7 Å². The van der Waals surface area contributed by atoms with Gasteiger partial charge in [-0.05, 0) is 20.5 Å². The smallest absolute Gasteiger partial charge is 0.400 e. The molecule has 0 fully saturated rings. The van der Waals surface area contributed by atoms with Gasteiger partial charge in [0.1, 0.15) is 0 Å². The van der Waals surface area contributed by atoms with E-state index in [4.69, 9.17) is 5.11 Å². The van der Waals surface area contributed by atoms with Gasteiger partial charge in [0, 0.05) is 13.7 Å². The number of aliphatic hydroxyl groups is 1. The fourth-order valence-corrected chi connectivity index (χ4v) is 2.61. The van der Waals surface area contributed by atoms with Crippen molar-refractivity contribution in [3.05, 3.63) is 71.7 Å². The number of hydrogen-bond acceptors (Lipinski definition) is 2. The standard InChI is InChI=1S/C18H18N.C4H9.CH4O.2ClH.Ti/c1-19(2)13-17-8-5-9-18(17)16-11-10-14-6-3-4-7-15(14)12-16;1-4(2)3;1-2;;;/h3-8,10-11H,9,13H2,1-2H3;1-3H3;2H,1H3;2*1H;/q2*-1;;;;+2. The van der Waals surface area contributed by atoms with Gasteiger partial charge in [-0.15, -0.1) is 60.0 Å². The summed E-state index contributed by atoms with van der Waals surface area (Å²) in [6.07, 6.45) is 5.52. The van der Waals surface area contributed by atoms with E-state index in [2.05, 4.69) is 94.4 Å². The third-order valence-corrected chi connectivity index (χ3v) is 3.50. The maximum Gasteiger partial charge on any atom is 2.00 e. The van der Waals surface area contributed by atoms with E-state index in [9.17, 15) is 0 Å². The zero-order chi connectivity index (χ0) is 18.8. The van der Waals surface area contributed by atoms with Crippen molar-refractivity contribution in [2.75, 3.05) is 27.7 Å². The van der Waals surface area contributed by atoms with Gasteiger partial charge >= 0.3 is 21.7 Å². The predicted octanol–water partition coefficient (Wildman–Crippen LogP) is 5.99. The van der Waals surface area contributed by atoms with Crippen LogP contribution in [0.2, 0.25) is 0 Å². The monoisotopic (exact) mass is 457 g/mol. The fraction of sp³-hybridized carbons (Fsp3) is 0.348. The molecule has 0 saturated heterocycles. The molecule has 0 amide bonds. The zero-order valence-electron chi connectivity index (χ0n) is 17.7. The Morgan fingerprint density at radius 2 is 1.57 bits per heavy atom. The number of nitrogens with zero attached hydrogens (tertiary/aromatic N) is 1. The summed E-state index contributed by atoms with van der Waals surface area (Å²) < 4.78 is 0. The zero-order valence-corrected chi connectivity index (χ0v) is 20.9. The average molecular weight is 458 g/mol. The first-order valence-electron chi connectivity index (χ1n) is 8.63. The second kappa shape index (κ2) is 17.3. The first-order valence-corrected chi connectivity index (χ1v) is 8.63. The minimum absolute atomic E-state index is 0. The Kier molecular flexibility index (Phi) is 19.8. The summed E-state index contributed by atoms with van der Waals surface area (Å²) in [5, 5.41) is 9.45. The molecule has 0 saturated carbocycles. The van der Waals surface area contributed by atoms with Gasteiger partial charge in [-0.3, -0.25) is 0 Å². The molecule has 1 N–H and O–H groups in total. The van der Waals surface area contributed by atoms with Crippen molar-refractivity contribution in [1.29, 1.82) is 0 Å². The van der Waals surface area contributed by atoms with Crippen LogP contribution in [0.1, 0.15) is 32.8 Å². The normalized spacial score (nSPS) is 11.6. The van der Waals surface area contributed by atoms with Gasteiger partial charge in [0.15, 0.2) is 0 Å². The Labute approximate surface area is 198 Å². The van der Waals surface area contributed by atoms with Gasteiger partial charge in [0.25, 0.3) is 0 Å². The van der Waals surface area contributed by atoms with Crippen molar-refractivity contribution in [1.82, 2.24) is 4.90 Å². The number of benzene rings is 2. The second-order valence-electron chi connectivity index (χ2n) is 6.81. The Bertz CT molecular complexity index is 725. The molecule has 1 aliphatic carbocycles. The third kappa shape index (κ3) is 10.8. The minimum atomic E-state index is 0. The molecule has 2 aromatic rings. The van der Waals surface area contributed by atoms with E-state index >= 15 is 0 Å². The predicted molar refractivity (Wildman–Crippen MR) is 125 cm³/mol. The summed E-state index contributed by atoms with van der Waals surface area (Å²) >= 11 is 0. The Morgan fingerprint density at radius 1 is 1.00 bits per heavy atom. The first kappa shape index (κ1) is 32.1. The number of fused-ring (bicyclic) bond motifs is 1. The number of aliphatic hydroxyl groups excluding tert-OH is 1. The number of hydrogen-bond donors (Lipinski definition) is 1. The van der Waals surface area contributed by atoms with E-state index in [0.29, 0.717) is 0 Å². The van der Waals surface area contributed by atoms with E-state index in [1.54, 1.807) is 0 Å². The molecule has 0 bridgehead atoms. The molecule has 28 heavy (non-hydrogen) atoms. The van der Waals surface area contributed by atoms with Crippen molar-refractivity contribution in [3.8, 4) is 0 Å². The largest absolute Gasteiger partial charge is 2.00 e. The van der Waals surface area contributed by atoms with Gasteiger partial charge in [0.05, 0.1) is 0 Å². The minimum Gasteiger partial charge on any atom is -0.400 e. The summed E-state index contributed by atoms with van der Waals surface area (Å²) in [5.41, 5.74) is 4.07. The molecule has 5 heteroatoms. The van der Waals surface area contributed by atoms with Crippen LogP contribution in [0.15, 0.2) is 54.1 Å². The summed E-state index contributed by atoms with van der Waals surface area (Å²) in [7, 11) is 5.22. The maximum absolute atomic E-state index is 7.00. The molecule has 0 heterocycles. The molecule has 0 aliphatic heterocycles. The van der Waals surface area contributed by atoms with Crippen molar-refractivity contribution in [3.63, 3.8) is 0 Å². The van der Waals surface area contributed by atoms with E-state index in [1.807, 2.05) is 0 Å². The molecule has 0 spiro atoms. The first-order chi connectivity index (χ1) is 12.0. The van der Waals surface area contributed by atoms with Gasteiger partial charge in [-0.1, -0.05) is 46.9 Å². The summed E-state index contributed by atoms with van der Waals surface area (Å²) in [6, 6.07) is 16.4.